The van der Waals surface area contributed by atoms with Gasteiger partial charge in [-0.05, 0) is 37.1 Å². The molecule has 0 bridgehead atoms. The van der Waals surface area contributed by atoms with Crippen molar-refractivity contribution in [3.63, 3.8) is 0 Å². The maximum atomic E-state index is 11.9. The van der Waals surface area contributed by atoms with Crippen molar-refractivity contribution < 1.29 is 14.7 Å². The van der Waals surface area contributed by atoms with Gasteiger partial charge in [0.05, 0.1) is 6.10 Å². The summed E-state index contributed by atoms with van der Waals surface area (Å²) in [6.45, 7) is 0.495. The number of aliphatic hydroxyl groups is 1. The summed E-state index contributed by atoms with van der Waals surface area (Å²) in [5.74, 6) is -0.0555. The number of carbonyl (C=O) groups is 2. The van der Waals surface area contributed by atoms with Crippen LogP contribution in [0, 0.1) is 5.92 Å². The van der Waals surface area contributed by atoms with Gasteiger partial charge in [-0.1, -0.05) is 18.0 Å². The Labute approximate surface area is 129 Å². The van der Waals surface area contributed by atoms with E-state index in [1.54, 1.807) is 24.3 Å². The number of benzene rings is 1. The smallest absolute Gasteiger partial charge is 0.220 e. The summed E-state index contributed by atoms with van der Waals surface area (Å²) in [7, 11) is 0. The van der Waals surface area contributed by atoms with E-state index in [9.17, 15) is 14.7 Å². The third-order valence-electron chi connectivity index (χ3n) is 3.93. The molecular weight excluding hydrogens is 290 g/mol. The Kier molecular flexibility index (Phi) is 5.76. The van der Waals surface area contributed by atoms with Crippen LogP contribution in [0.1, 0.15) is 42.5 Å². The summed E-state index contributed by atoms with van der Waals surface area (Å²) >= 11 is 5.76. The van der Waals surface area contributed by atoms with E-state index < -0.39 is 0 Å². The molecule has 2 N–H and O–H groups in total. The highest BCUT2D eigenvalue weighted by molar-refractivity contribution is 6.30. The first-order chi connectivity index (χ1) is 10.1. The second kappa shape index (κ2) is 7.57. The molecule has 0 aromatic heterocycles. The van der Waals surface area contributed by atoms with Crippen molar-refractivity contribution in [3.8, 4) is 0 Å². The quantitative estimate of drug-likeness (QED) is 0.794. The SMILES string of the molecule is O=C(CCC(=O)c1ccc(Cl)cc1)NCC1CCCC1O. The zero-order valence-corrected chi connectivity index (χ0v) is 12.6. The average Bonchev–Trinajstić information content (AvgIpc) is 2.88. The standard InChI is InChI=1S/C16H20ClNO3/c17-13-6-4-11(5-7-13)15(20)8-9-16(21)18-10-12-2-1-3-14(12)19/h4-7,12,14,19H,1-3,8-10H2,(H,18,21). The van der Waals surface area contributed by atoms with Crippen LogP contribution in [-0.2, 0) is 4.79 Å². The van der Waals surface area contributed by atoms with Crippen molar-refractivity contribution in [1.82, 2.24) is 5.32 Å². The monoisotopic (exact) mass is 309 g/mol. The van der Waals surface area contributed by atoms with Crippen LogP contribution >= 0.6 is 11.6 Å². The molecule has 1 aromatic rings. The molecule has 5 heteroatoms. The van der Waals surface area contributed by atoms with Crippen molar-refractivity contribution in [3.05, 3.63) is 34.9 Å². The Morgan fingerprint density at radius 3 is 2.52 bits per heavy atom. The number of hydrogen-bond acceptors (Lipinski definition) is 3. The van der Waals surface area contributed by atoms with E-state index in [0.29, 0.717) is 17.1 Å². The highest BCUT2D eigenvalue weighted by atomic mass is 35.5. The van der Waals surface area contributed by atoms with Gasteiger partial charge in [-0.25, -0.2) is 0 Å². The molecule has 1 aromatic carbocycles. The summed E-state index contributed by atoms with van der Waals surface area (Å²) in [4.78, 5) is 23.6. The molecule has 0 radical (unpaired) electrons. The molecule has 2 unspecified atom stereocenters. The van der Waals surface area contributed by atoms with Gasteiger partial charge >= 0.3 is 0 Å². The predicted octanol–water partition coefficient (Wildman–Crippen LogP) is 2.58. The first-order valence-corrected chi connectivity index (χ1v) is 7.67. The third kappa shape index (κ3) is 4.83. The summed E-state index contributed by atoms with van der Waals surface area (Å²) < 4.78 is 0. The highest BCUT2D eigenvalue weighted by Crippen LogP contribution is 2.24. The Morgan fingerprint density at radius 2 is 1.90 bits per heavy atom. The van der Waals surface area contributed by atoms with E-state index in [0.717, 1.165) is 19.3 Å². The van der Waals surface area contributed by atoms with Crippen molar-refractivity contribution in [2.24, 2.45) is 5.92 Å². The predicted molar refractivity (Wildman–Crippen MR) is 81.4 cm³/mol. The van der Waals surface area contributed by atoms with Crippen LogP contribution in [0.25, 0.3) is 0 Å². The van der Waals surface area contributed by atoms with Gasteiger partial charge in [0.25, 0.3) is 0 Å². The molecule has 2 atom stereocenters. The molecular formula is C16H20ClNO3. The number of hydrogen-bond donors (Lipinski definition) is 2. The van der Waals surface area contributed by atoms with Crippen molar-refractivity contribution >= 4 is 23.3 Å². The lowest BCUT2D eigenvalue weighted by Gasteiger charge is -2.14. The lowest BCUT2D eigenvalue weighted by atomic mass is 10.1. The number of amides is 1. The maximum Gasteiger partial charge on any atom is 0.220 e. The van der Waals surface area contributed by atoms with Crippen LogP contribution < -0.4 is 5.32 Å². The summed E-state index contributed by atoms with van der Waals surface area (Å²) in [6.07, 6.45) is 2.82. The molecule has 1 fully saturated rings. The molecule has 1 aliphatic carbocycles. The minimum absolute atomic E-state index is 0.0669. The number of Topliss-reactive ketones (excluding diaryl/α,β-unsaturated/α-hetero) is 1. The highest BCUT2D eigenvalue weighted by Gasteiger charge is 2.25. The molecule has 21 heavy (non-hydrogen) atoms. The van der Waals surface area contributed by atoms with E-state index in [1.807, 2.05) is 0 Å². The molecule has 0 aliphatic heterocycles. The van der Waals surface area contributed by atoms with Crippen LogP contribution in [0.4, 0.5) is 0 Å². The minimum atomic E-state index is -0.305. The molecule has 1 aliphatic rings. The van der Waals surface area contributed by atoms with Gasteiger partial charge in [0.15, 0.2) is 5.78 Å². The summed E-state index contributed by atoms with van der Waals surface area (Å²) in [5, 5.41) is 13.1. The van der Waals surface area contributed by atoms with Gasteiger partial charge in [0.2, 0.25) is 5.91 Å². The summed E-state index contributed by atoms with van der Waals surface area (Å²) in [5.41, 5.74) is 0.568. The Balaban J connectivity index is 1.71. The van der Waals surface area contributed by atoms with Crippen LogP contribution in [0.2, 0.25) is 5.02 Å². The van der Waals surface area contributed by atoms with Gasteiger partial charge in [-0.15, -0.1) is 0 Å². The third-order valence-corrected chi connectivity index (χ3v) is 4.18. The normalized spacial score (nSPS) is 21.2. The molecule has 114 valence electrons. The van der Waals surface area contributed by atoms with Gasteiger partial charge in [0.1, 0.15) is 0 Å². The largest absolute Gasteiger partial charge is 0.393 e. The lowest BCUT2D eigenvalue weighted by Crippen LogP contribution is -2.32. The lowest BCUT2D eigenvalue weighted by molar-refractivity contribution is -0.121. The number of rotatable bonds is 6. The second-order valence-electron chi connectivity index (χ2n) is 5.49. The number of aliphatic hydroxyl groups excluding tert-OH is 1. The van der Waals surface area contributed by atoms with E-state index >= 15 is 0 Å². The van der Waals surface area contributed by atoms with E-state index in [1.165, 1.54) is 0 Å². The molecule has 4 nitrogen and oxygen atoms in total. The fraction of sp³-hybridized carbons (Fsp3) is 0.500. The molecule has 2 rings (SSSR count). The van der Waals surface area contributed by atoms with Gasteiger partial charge in [0, 0.05) is 35.9 Å². The first-order valence-electron chi connectivity index (χ1n) is 7.30. The van der Waals surface area contributed by atoms with Gasteiger partial charge in [-0.3, -0.25) is 9.59 Å². The fourth-order valence-corrected chi connectivity index (χ4v) is 2.72. The van der Waals surface area contributed by atoms with Crippen LogP contribution in [0.3, 0.4) is 0 Å². The van der Waals surface area contributed by atoms with Crippen LogP contribution in [-0.4, -0.2) is 29.4 Å². The van der Waals surface area contributed by atoms with Crippen LogP contribution in [0.15, 0.2) is 24.3 Å². The van der Waals surface area contributed by atoms with Crippen molar-refractivity contribution in [1.29, 1.82) is 0 Å². The average molecular weight is 310 g/mol. The zero-order valence-electron chi connectivity index (χ0n) is 11.8. The Hall–Kier alpha value is -1.39. The molecule has 1 amide bonds. The summed E-state index contributed by atoms with van der Waals surface area (Å²) in [6, 6.07) is 6.65. The second-order valence-corrected chi connectivity index (χ2v) is 5.93. The van der Waals surface area contributed by atoms with E-state index in [-0.39, 0.29) is 36.6 Å². The maximum absolute atomic E-state index is 11.9. The van der Waals surface area contributed by atoms with Gasteiger partial charge < -0.3 is 10.4 Å². The van der Waals surface area contributed by atoms with E-state index in [4.69, 9.17) is 11.6 Å². The number of nitrogens with one attached hydrogen (secondary N) is 1. The number of carbonyl (C=O) groups excluding carboxylic acids is 2. The van der Waals surface area contributed by atoms with Crippen molar-refractivity contribution in [2.45, 2.75) is 38.2 Å². The molecule has 0 spiro atoms. The number of ketones is 1. The topological polar surface area (TPSA) is 66.4 Å². The van der Waals surface area contributed by atoms with Gasteiger partial charge in [-0.2, -0.15) is 0 Å². The number of halogens is 1. The molecule has 1 saturated carbocycles. The first kappa shape index (κ1) is 16.0. The molecule has 0 heterocycles. The fourth-order valence-electron chi connectivity index (χ4n) is 2.60. The zero-order chi connectivity index (χ0) is 15.2. The van der Waals surface area contributed by atoms with E-state index in [2.05, 4.69) is 5.32 Å². The Bertz CT molecular complexity index is 501. The Morgan fingerprint density at radius 1 is 1.19 bits per heavy atom. The minimum Gasteiger partial charge on any atom is -0.393 e. The molecule has 0 saturated heterocycles. The van der Waals surface area contributed by atoms with Crippen LogP contribution in [0.5, 0.6) is 0 Å². The van der Waals surface area contributed by atoms with Crippen molar-refractivity contribution in [2.75, 3.05) is 6.54 Å².